The first kappa shape index (κ1) is 11.8. The van der Waals surface area contributed by atoms with E-state index < -0.39 is 0 Å². The van der Waals surface area contributed by atoms with Gasteiger partial charge in [0.25, 0.3) is 0 Å². The highest BCUT2D eigenvalue weighted by atomic mass is 16.5. The van der Waals surface area contributed by atoms with E-state index in [1.54, 1.807) is 0 Å². The second-order valence-electron chi connectivity index (χ2n) is 4.65. The van der Waals surface area contributed by atoms with Gasteiger partial charge in [-0.25, -0.2) is 0 Å². The van der Waals surface area contributed by atoms with Gasteiger partial charge in [-0.2, -0.15) is 0 Å². The van der Waals surface area contributed by atoms with E-state index in [0.29, 0.717) is 6.61 Å². The standard InChI is InChI=1S/C17H17NO/c1-2-14-11-18-17-9-8-15(10-16(14)17)19-12-13-6-4-3-5-7-13/h3-11,18H,2,12H2,1H3. The number of aromatic nitrogens is 1. The molecule has 0 atom stereocenters. The Morgan fingerprint density at radius 1 is 1.05 bits per heavy atom. The number of fused-ring (bicyclic) bond motifs is 1. The maximum Gasteiger partial charge on any atom is 0.120 e. The van der Waals surface area contributed by atoms with Crippen molar-refractivity contribution in [1.29, 1.82) is 0 Å². The summed E-state index contributed by atoms with van der Waals surface area (Å²) >= 11 is 0. The highest BCUT2D eigenvalue weighted by Gasteiger charge is 2.03. The molecule has 1 N–H and O–H groups in total. The van der Waals surface area contributed by atoms with Gasteiger partial charge in [0.2, 0.25) is 0 Å². The van der Waals surface area contributed by atoms with E-state index in [0.717, 1.165) is 12.2 Å². The zero-order valence-electron chi connectivity index (χ0n) is 11.0. The predicted molar refractivity (Wildman–Crippen MR) is 78.5 cm³/mol. The lowest BCUT2D eigenvalue weighted by molar-refractivity contribution is 0.306. The van der Waals surface area contributed by atoms with Crippen molar-refractivity contribution in [2.24, 2.45) is 0 Å². The average Bonchev–Trinajstić information content (AvgIpc) is 2.88. The third-order valence-electron chi connectivity index (χ3n) is 3.37. The maximum atomic E-state index is 5.86. The average molecular weight is 251 g/mol. The molecule has 0 bridgehead atoms. The lowest BCUT2D eigenvalue weighted by Crippen LogP contribution is -1.94. The second-order valence-corrected chi connectivity index (χ2v) is 4.65. The van der Waals surface area contributed by atoms with Crippen LogP contribution in [-0.4, -0.2) is 4.98 Å². The molecular weight excluding hydrogens is 234 g/mol. The van der Waals surface area contributed by atoms with Gasteiger partial charge in [0.15, 0.2) is 0 Å². The summed E-state index contributed by atoms with van der Waals surface area (Å²) in [4.78, 5) is 3.28. The van der Waals surface area contributed by atoms with Gasteiger partial charge in [-0.1, -0.05) is 37.3 Å². The van der Waals surface area contributed by atoms with Crippen LogP contribution in [0.5, 0.6) is 5.75 Å². The molecule has 19 heavy (non-hydrogen) atoms. The number of benzene rings is 2. The summed E-state index contributed by atoms with van der Waals surface area (Å²) in [5.74, 6) is 0.922. The zero-order valence-corrected chi connectivity index (χ0v) is 11.0. The van der Waals surface area contributed by atoms with Gasteiger partial charge in [-0.3, -0.25) is 0 Å². The van der Waals surface area contributed by atoms with Crippen LogP contribution in [0, 0.1) is 0 Å². The van der Waals surface area contributed by atoms with Gasteiger partial charge in [0.05, 0.1) is 0 Å². The number of hydrogen-bond donors (Lipinski definition) is 1. The summed E-state index contributed by atoms with van der Waals surface area (Å²) in [5, 5.41) is 1.26. The molecule has 1 heterocycles. The van der Waals surface area contributed by atoms with E-state index in [2.05, 4.69) is 42.4 Å². The predicted octanol–water partition coefficient (Wildman–Crippen LogP) is 4.31. The molecule has 0 unspecified atom stereocenters. The second kappa shape index (κ2) is 5.19. The Balaban J connectivity index is 1.81. The van der Waals surface area contributed by atoms with E-state index >= 15 is 0 Å². The van der Waals surface area contributed by atoms with Crippen molar-refractivity contribution in [2.75, 3.05) is 0 Å². The van der Waals surface area contributed by atoms with Crippen molar-refractivity contribution in [3.63, 3.8) is 0 Å². The Morgan fingerprint density at radius 3 is 2.68 bits per heavy atom. The van der Waals surface area contributed by atoms with E-state index in [9.17, 15) is 0 Å². The molecule has 0 radical (unpaired) electrons. The largest absolute Gasteiger partial charge is 0.489 e. The van der Waals surface area contributed by atoms with Gasteiger partial charge < -0.3 is 9.72 Å². The van der Waals surface area contributed by atoms with Crippen LogP contribution in [0.15, 0.2) is 54.7 Å². The van der Waals surface area contributed by atoms with Gasteiger partial charge in [-0.05, 0) is 35.7 Å². The van der Waals surface area contributed by atoms with Crippen molar-refractivity contribution < 1.29 is 4.74 Å². The molecule has 0 fully saturated rings. The molecule has 0 amide bonds. The Labute approximate surface area is 113 Å². The van der Waals surface area contributed by atoms with Crippen LogP contribution < -0.4 is 4.74 Å². The zero-order chi connectivity index (χ0) is 13.1. The highest BCUT2D eigenvalue weighted by Crippen LogP contribution is 2.24. The molecule has 2 aromatic carbocycles. The van der Waals surface area contributed by atoms with E-state index in [4.69, 9.17) is 4.74 Å². The monoisotopic (exact) mass is 251 g/mol. The third kappa shape index (κ3) is 2.48. The summed E-state index contributed by atoms with van der Waals surface area (Å²) in [6.45, 7) is 2.78. The molecule has 3 rings (SSSR count). The van der Waals surface area contributed by atoms with E-state index in [1.165, 1.54) is 22.0 Å². The fourth-order valence-electron chi connectivity index (χ4n) is 2.28. The van der Waals surface area contributed by atoms with E-state index in [1.807, 2.05) is 24.3 Å². The Hall–Kier alpha value is -2.22. The van der Waals surface area contributed by atoms with Crippen LogP contribution in [0.2, 0.25) is 0 Å². The van der Waals surface area contributed by atoms with E-state index in [-0.39, 0.29) is 0 Å². The van der Waals surface area contributed by atoms with Crippen LogP contribution >= 0.6 is 0 Å². The fourth-order valence-corrected chi connectivity index (χ4v) is 2.28. The number of hydrogen-bond acceptors (Lipinski definition) is 1. The first-order valence-corrected chi connectivity index (χ1v) is 6.63. The fraction of sp³-hybridized carbons (Fsp3) is 0.176. The number of H-pyrrole nitrogens is 1. The van der Waals surface area contributed by atoms with Crippen molar-refractivity contribution in [2.45, 2.75) is 20.0 Å². The summed E-state index contributed by atoms with van der Waals surface area (Å²) in [7, 11) is 0. The lowest BCUT2D eigenvalue weighted by Gasteiger charge is -2.06. The van der Waals surface area contributed by atoms with Gasteiger partial charge in [0, 0.05) is 17.1 Å². The molecule has 0 aliphatic rings. The molecule has 3 aromatic rings. The van der Waals surface area contributed by atoms with Crippen LogP contribution in [0.3, 0.4) is 0 Å². The van der Waals surface area contributed by atoms with Crippen LogP contribution in [-0.2, 0) is 13.0 Å². The molecule has 0 aliphatic carbocycles. The number of aryl methyl sites for hydroxylation is 1. The highest BCUT2D eigenvalue weighted by molar-refractivity contribution is 5.84. The minimum atomic E-state index is 0.609. The lowest BCUT2D eigenvalue weighted by atomic mass is 10.1. The minimum Gasteiger partial charge on any atom is -0.489 e. The van der Waals surface area contributed by atoms with Gasteiger partial charge in [-0.15, -0.1) is 0 Å². The van der Waals surface area contributed by atoms with Crippen molar-refractivity contribution in [1.82, 2.24) is 4.98 Å². The van der Waals surface area contributed by atoms with Gasteiger partial charge >= 0.3 is 0 Å². The van der Waals surface area contributed by atoms with Crippen molar-refractivity contribution in [3.8, 4) is 5.75 Å². The van der Waals surface area contributed by atoms with Crippen LogP contribution in [0.25, 0.3) is 10.9 Å². The van der Waals surface area contributed by atoms with Crippen molar-refractivity contribution in [3.05, 3.63) is 65.9 Å². The van der Waals surface area contributed by atoms with Gasteiger partial charge in [0.1, 0.15) is 12.4 Å². The Kier molecular flexibility index (Phi) is 3.23. The molecule has 0 saturated heterocycles. The van der Waals surface area contributed by atoms with Crippen LogP contribution in [0.1, 0.15) is 18.1 Å². The smallest absolute Gasteiger partial charge is 0.120 e. The molecule has 2 heteroatoms. The third-order valence-corrected chi connectivity index (χ3v) is 3.37. The minimum absolute atomic E-state index is 0.609. The topological polar surface area (TPSA) is 25.0 Å². The summed E-state index contributed by atoms with van der Waals surface area (Å²) in [5.41, 5.74) is 3.69. The Bertz CT molecular complexity index is 670. The maximum absolute atomic E-state index is 5.86. The number of nitrogens with one attached hydrogen (secondary N) is 1. The van der Waals surface area contributed by atoms with Crippen LogP contribution in [0.4, 0.5) is 0 Å². The number of aromatic amines is 1. The summed E-state index contributed by atoms with van der Waals surface area (Å²) < 4.78 is 5.86. The molecule has 0 spiro atoms. The normalized spacial score (nSPS) is 10.8. The molecule has 2 nitrogen and oxygen atoms in total. The first-order chi connectivity index (χ1) is 9.36. The van der Waals surface area contributed by atoms with Crippen molar-refractivity contribution >= 4 is 10.9 Å². The Morgan fingerprint density at radius 2 is 1.89 bits per heavy atom. The SMILES string of the molecule is CCc1c[nH]c2ccc(OCc3ccccc3)cc12. The quantitative estimate of drug-likeness (QED) is 0.734. The molecular formula is C17H17NO. The molecule has 1 aromatic heterocycles. The summed E-state index contributed by atoms with van der Waals surface area (Å²) in [6.07, 6.45) is 3.10. The number of rotatable bonds is 4. The molecule has 0 saturated carbocycles. The summed E-state index contributed by atoms with van der Waals surface area (Å²) in [6, 6.07) is 16.4. The molecule has 96 valence electrons. The molecule has 0 aliphatic heterocycles. The number of ether oxygens (including phenoxy) is 1. The first-order valence-electron chi connectivity index (χ1n) is 6.63.